The Morgan fingerprint density at radius 1 is 1.11 bits per heavy atom. The molecule has 0 fully saturated rings. The van der Waals surface area contributed by atoms with Gasteiger partial charge in [-0.2, -0.15) is 5.10 Å². The minimum absolute atomic E-state index is 0.00961. The predicted molar refractivity (Wildman–Crippen MR) is 109 cm³/mol. The number of carbonyl (C=O) groups is 1. The SMILES string of the molecule is COc1ccc(C2c3c(-c4ccc(C)cc4)n[nH]c3C(=O)N2CC(C)C)cc1. The van der Waals surface area contributed by atoms with E-state index in [1.54, 1.807) is 7.11 Å². The molecule has 4 rings (SSSR count). The molecule has 1 amide bonds. The van der Waals surface area contributed by atoms with Crippen molar-refractivity contribution in [2.24, 2.45) is 5.92 Å². The van der Waals surface area contributed by atoms with Crippen LogP contribution < -0.4 is 4.74 Å². The summed E-state index contributed by atoms with van der Waals surface area (Å²) in [6.07, 6.45) is 0. The summed E-state index contributed by atoms with van der Waals surface area (Å²) in [5.41, 5.74) is 5.66. The fourth-order valence-corrected chi connectivity index (χ4v) is 3.84. The minimum atomic E-state index is -0.161. The number of ether oxygens (including phenoxy) is 1. The van der Waals surface area contributed by atoms with Crippen molar-refractivity contribution in [1.82, 2.24) is 15.1 Å². The van der Waals surface area contributed by atoms with Gasteiger partial charge in [0.05, 0.1) is 18.8 Å². The number of amides is 1. The lowest BCUT2D eigenvalue weighted by Gasteiger charge is -2.28. The Morgan fingerprint density at radius 3 is 2.39 bits per heavy atom. The van der Waals surface area contributed by atoms with Gasteiger partial charge in [0.2, 0.25) is 0 Å². The topological polar surface area (TPSA) is 58.2 Å². The Bertz CT molecular complexity index is 988. The Labute approximate surface area is 165 Å². The fraction of sp³-hybridized carbons (Fsp3) is 0.304. The van der Waals surface area contributed by atoms with E-state index in [0.29, 0.717) is 18.2 Å². The molecule has 144 valence electrons. The van der Waals surface area contributed by atoms with Crippen molar-refractivity contribution < 1.29 is 9.53 Å². The molecule has 5 heteroatoms. The number of fused-ring (bicyclic) bond motifs is 1. The Balaban J connectivity index is 1.85. The average molecular weight is 375 g/mol. The maximum Gasteiger partial charge on any atom is 0.273 e. The van der Waals surface area contributed by atoms with E-state index in [1.165, 1.54) is 5.56 Å². The highest BCUT2D eigenvalue weighted by molar-refractivity contribution is 6.00. The largest absolute Gasteiger partial charge is 0.497 e. The number of rotatable bonds is 5. The molecule has 0 aliphatic carbocycles. The quantitative estimate of drug-likeness (QED) is 0.709. The first-order valence-electron chi connectivity index (χ1n) is 9.59. The number of hydrogen-bond donors (Lipinski definition) is 1. The van der Waals surface area contributed by atoms with Gasteiger partial charge in [-0.25, -0.2) is 0 Å². The normalized spacial score (nSPS) is 16.0. The lowest BCUT2D eigenvalue weighted by atomic mass is 9.95. The molecular weight excluding hydrogens is 350 g/mol. The van der Waals surface area contributed by atoms with Crippen molar-refractivity contribution in [1.29, 1.82) is 0 Å². The van der Waals surface area contributed by atoms with Gasteiger partial charge in [-0.05, 0) is 30.5 Å². The zero-order chi connectivity index (χ0) is 19.8. The van der Waals surface area contributed by atoms with Crippen LogP contribution in [0.15, 0.2) is 48.5 Å². The molecule has 1 aromatic heterocycles. The van der Waals surface area contributed by atoms with Crippen LogP contribution in [0.5, 0.6) is 5.75 Å². The van der Waals surface area contributed by atoms with Gasteiger partial charge in [0.25, 0.3) is 5.91 Å². The van der Waals surface area contributed by atoms with Crippen LogP contribution in [0.3, 0.4) is 0 Å². The van der Waals surface area contributed by atoms with Gasteiger partial charge in [-0.1, -0.05) is 55.8 Å². The summed E-state index contributed by atoms with van der Waals surface area (Å²) in [5.74, 6) is 1.18. The van der Waals surface area contributed by atoms with Gasteiger partial charge in [-0.15, -0.1) is 0 Å². The van der Waals surface area contributed by atoms with E-state index in [9.17, 15) is 4.79 Å². The zero-order valence-electron chi connectivity index (χ0n) is 16.7. The molecule has 0 bridgehead atoms. The molecule has 1 aliphatic heterocycles. The van der Waals surface area contributed by atoms with Gasteiger partial charge in [0.15, 0.2) is 0 Å². The van der Waals surface area contributed by atoms with E-state index in [0.717, 1.165) is 28.1 Å². The summed E-state index contributed by atoms with van der Waals surface area (Å²) < 4.78 is 5.30. The first kappa shape index (κ1) is 18.3. The van der Waals surface area contributed by atoms with Crippen LogP contribution in [0.2, 0.25) is 0 Å². The number of methoxy groups -OCH3 is 1. The summed E-state index contributed by atoms with van der Waals surface area (Å²) in [5, 5.41) is 7.52. The van der Waals surface area contributed by atoms with Crippen LogP contribution in [0.25, 0.3) is 11.3 Å². The Kier molecular flexibility index (Phi) is 4.67. The summed E-state index contributed by atoms with van der Waals surface area (Å²) in [6.45, 7) is 7.01. The molecule has 1 N–H and O–H groups in total. The third-order valence-corrected chi connectivity index (χ3v) is 5.18. The third kappa shape index (κ3) is 3.07. The van der Waals surface area contributed by atoms with Crippen molar-refractivity contribution in [3.63, 3.8) is 0 Å². The van der Waals surface area contributed by atoms with Gasteiger partial charge in [-0.3, -0.25) is 9.89 Å². The van der Waals surface area contributed by atoms with Crippen molar-refractivity contribution in [2.75, 3.05) is 13.7 Å². The molecular formula is C23H25N3O2. The predicted octanol–water partition coefficient (Wildman–Crippen LogP) is 4.59. The highest BCUT2D eigenvalue weighted by atomic mass is 16.5. The van der Waals surface area contributed by atoms with E-state index in [4.69, 9.17) is 4.74 Å². The number of H-pyrrole nitrogens is 1. The Hall–Kier alpha value is -3.08. The van der Waals surface area contributed by atoms with Gasteiger partial charge < -0.3 is 9.64 Å². The van der Waals surface area contributed by atoms with Crippen LogP contribution in [-0.2, 0) is 0 Å². The van der Waals surface area contributed by atoms with Crippen LogP contribution in [-0.4, -0.2) is 34.7 Å². The molecule has 0 saturated carbocycles. The number of benzene rings is 2. The zero-order valence-corrected chi connectivity index (χ0v) is 16.7. The van der Waals surface area contributed by atoms with Gasteiger partial charge in [0, 0.05) is 17.7 Å². The molecule has 1 atom stereocenters. The number of aromatic nitrogens is 2. The fourth-order valence-electron chi connectivity index (χ4n) is 3.84. The summed E-state index contributed by atoms with van der Waals surface area (Å²) in [4.78, 5) is 15.1. The monoisotopic (exact) mass is 375 g/mol. The first-order valence-corrected chi connectivity index (χ1v) is 9.59. The molecule has 1 unspecified atom stereocenters. The molecule has 0 saturated heterocycles. The molecule has 28 heavy (non-hydrogen) atoms. The summed E-state index contributed by atoms with van der Waals surface area (Å²) in [7, 11) is 1.66. The van der Waals surface area contributed by atoms with Crippen molar-refractivity contribution >= 4 is 5.91 Å². The smallest absolute Gasteiger partial charge is 0.273 e. The van der Waals surface area contributed by atoms with Crippen LogP contribution >= 0.6 is 0 Å². The average Bonchev–Trinajstić information content (AvgIpc) is 3.22. The van der Waals surface area contributed by atoms with Crippen LogP contribution in [0.4, 0.5) is 0 Å². The second-order valence-corrected chi connectivity index (χ2v) is 7.75. The highest BCUT2D eigenvalue weighted by Gasteiger charge is 2.42. The van der Waals surface area contributed by atoms with Crippen molar-refractivity contribution in [2.45, 2.75) is 26.8 Å². The lowest BCUT2D eigenvalue weighted by molar-refractivity contribution is 0.0722. The minimum Gasteiger partial charge on any atom is -0.497 e. The summed E-state index contributed by atoms with van der Waals surface area (Å²) in [6, 6.07) is 16.1. The van der Waals surface area contributed by atoms with Crippen LogP contribution in [0.1, 0.15) is 47.1 Å². The van der Waals surface area contributed by atoms with Crippen molar-refractivity contribution in [3.8, 4) is 17.0 Å². The molecule has 2 aromatic carbocycles. The molecule has 1 aliphatic rings. The highest BCUT2D eigenvalue weighted by Crippen LogP contribution is 2.43. The number of aryl methyl sites for hydroxylation is 1. The van der Waals surface area contributed by atoms with E-state index in [1.807, 2.05) is 29.2 Å². The van der Waals surface area contributed by atoms with E-state index in [2.05, 4.69) is 55.2 Å². The third-order valence-electron chi connectivity index (χ3n) is 5.18. The van der Waals surface area contributed by atoms with E-state index in [-0.39, 0.29) is 11.9 Å². The lowest BCUT2D eigenvalue weighted by Crippen LogP contribution is -2.32. The maximum absolute atomic E-state index is 13.2. The van der Waals surface area contributed by atoms with Gasteiger partial charge in [0.1, 0.15) is 11.4 Å². The van der Waals surface area contributed by atoms with Gasteiger partial charge >= 0.3 is 0 Å². The molecule has 2 heterocycles. The number of carbonyl (C=O) groups excluding carboxylic acids is 1. The summed E-state index contributed by atoms with van der Waals surface area (Å²) >= 11 is 0. The van der Waals surface area contributed by atoms with E-state index >= 15 is 0 Å². The molecule has 0 spiro atoms. The second-order valence-electron chi connectivity index (χ2n) is 7.75. The first-order chi connectivity index (χ1) is 13.5. The van der Waals surface area contributed by atoms with Crippen LogP contribution in [0, 0.1) is 12.8 Å². The molecule has 5 nitrogen and oxygen atoms in total. The number of hydrogen-bond acceptors (Lipinski definition) is 3. The maximum atomic E-state index is 13.2. The Morgan fingerprint density at radius 2 is 1.79 bits per heavy atom. The van der Waals surface area contributed by atoms with E-state index < -0.39 is 0 Å². The van der Waals surface area contributed by atoms with Crippen molar-refractivity contribution in [3.05, 3.63) is 70.9 Å². The second kappa shape index (κ2) is 7.15. The molecule has 0 radical (unpaired) electrons. The standard InChI is InChI=1S/C23H25N3O2/c1-14(2)13-26-22(17-9-11-18(28-4)12-10-17)19-20(24-25-21(19)23(26)27)16-7-5-15(3)6-8-16/h5-12,14,22H,13H2,1-4H3,(H,24,25). The number of nitrogens with zero attached hydrogens (tertiary/aromatic N) is 2. The molecule has 3 aromatic rings. The number of aromatic amines is 1. The number of nitrogens with one attached hydrogen (secondary N) is 1.